The number of aryl methyl sites for hydroxylation is 3. The van der Waals surface area contributed by atoms with Crippen LogP contribution in [0, 0.1) is 20.8 Å². The van der Waals surface area contributed by atoms with E-state index < -0.39 is 17.9 Å². The molecule has 1 aromatic carbocycles. The molecule has 0 bridgehead atoms. The van der Waals surface area contributed by atoms with Gasteiger partial charge in [0.25, 0.3) is 30.9 Å². The van der Waals surface area contributed by atoms with Gasteiger partial charge < -0.3 is 15.3 Å². The summed E-state index contributed by atoms with van der Waals surface area (Å²) in [5.41, 5.74) is 6.06. The number of carbonyl (C=O) groups is 3. The molecule has 4 aromatic rings. The average molecular weight is 871 g/mol. The molecule has 3 aromatic heterocycles. The molecule has 4 rings (SSSR count). The van der Waals surface area contributed by atoms with Gasteiger partial charge in [0.1, 0.15) is 19.6 Å². The molecule has 0 saturated heterocycles. The first kappa shape index (κ1) is 43.7. The molecule has 0 aliphatic carbocycles. The Bertz CT molecular complexity index is 1780. The molecule has 0 atom stereocenters. The minimum Gasteiger partial charge on any atom is -0.481 e. The molecular formula is C36H45Cl6N6O6+3. The molecule has 0 radical (unpaired) electrons. The molecule has 3 N–H and O–H groups in total. The van der Waals surface area contributed by atoms with Gasteiger partial charge >= 0.3 is 17.9 Å². The zero-order chi connectivity index (χ0) is 39.9. The minimum atomic E-state index is -0.846. The molecule has 18 heteroatoms. The second kappa shape index (κ2) is 19.7. The van der Waals surface area contributed by atoms with Crippen LogP contribution in [0.25, 0.3) is 0 Å². The molecule has 0 fully saturated rings. The largest absolute Gasteiger partial charge is 0.481 e. The van der Waals surface area contributed by atoms with Crippen molar-refractivity contribution in [3.8, 4) is 0 Å². The normalized spacial score (nSPS) is 11.5. The summed E-state index contributed by atoms with van der Waals surface area (Å²) in [6, 6.07) is 0. The summed E-state index contributed by atoms with van der Waals surface area (Å²) < 4.78 is 11.1. The zero-order valence-electron chi connectivity index (χ0n) is 30.4. The van der Waals surface area contributed by atoms with Crippen LogP contribution in [0.15, 0.2) is 19.0 Å². The van der Waals surface area contributed by atoms with E-state index in [0.717, 1.165) is 33.4 Å². The number of carboxylic acid groups (broad SMARTS) is 3. The van der Waals surface area contributed by atoms with Crippen LogP contribution >= 0.6 is 69.6 Å². The van der Waals surface area contributed by atoms with Gasteiger partial charge in [-0.1, -0.05) is 0 Å². The molecule has 54 heavy (non-hydrogen) atoms. The Labute approximate surface area is 343 Å². The van der Waals surface area contributed by atoms with Crippen LogP contribution in [-0.4, -0.2) is 46.9 Å². The number of benzene rings is 1. The molecule has 0 aliphatic heterocycles. The number of imidazole rings is 3. The van der Waals surface area contributed by atoms with Crippen LogP contribution < -0.4 is 13.7 Å². The molecular weight excluding hydrogens is 825 g/mol. The smallest absolute Gasteiger partial charge is 0.303 e. The van der Waals surface area contributed by atoms with Crippen LogP contribution in [0.1, 0.15) is 91.2 Å². The van der Waals surface area contributed by atoms with Crippen molar-refractivity contribution in [2.24, 2.45) is 0 Å². The zero-order valence-corrected chi connectivity index (χ0v) is 34.9. The summed E-state index contributed by atoms with van der Waals surface area (Å²) in [6.45, 7) is 8.82. The summed E-state index contributed by atoms with van der Waals surface area (Å²) in [5, 5.41) is 29.2. The van der Waals surface area contributed by atoms with E-state index in [2.05, 4.69) is 20.8 Å². The lowest BCUT2D eigenvalue weighted by atomic mass is 9.87. The highest BCUT2D eigenvalue weighted by Crippen LogP contribution is 2.31. The van der Waals surface area contributed by atoms with Gasteiger partial charge in [0.15, 0.2) is 0 Å². The fourth-order valence-electron chi connectivity index (χ4n) is 6.61. The van der Waals surface area contributed by atoms with Gasteiger partial charge in [0, 0.05) is 36.0 Å². The van der Waals surface area contributed by atoms with Crippen molar-refractivity contribution in [1.29, 1.82) is 0 Å². The highest BCUT2D eigenvalue weighted by atomic mass is 35.5. The number of hydrogen-bond donors (Lipinski definition) is 3. The Kier molecular flexibility index (Phi) is 16.0. The van der Waals surface area contributed by atoms with Crippen molar-refractivity contribution in [3.05, 3.63) is 83.3 Å². The number of halogens is 6. The molecule has 0 saturated carbocycles. The average Bonchev–Trinajstić information content (AvgIpc) is 3.65. The van der Waals surface area contributed by atoms with E-state index in [-0.39, 0.29) is 19.3 Å². The lowest BCUT2D eigenvalue weighted by Gasteiger charge is -2.20. The van der Waals surface area contributed by atoms with Crippen LogP contribution in [0.3, 0.4) is 0 Å². The number of aliphatic carboxylic acids is 3. The molecule has 0 unspecified atom stereocenters. The number of nitrogens with zero attached hydrogens (tertiary/aromatic N) is 6. The van der Waals surface area contributed by atoms with Crippen LogP contribution in [0.2, 0.25) is 30.9 Å². The third-order valence-electron chi connectivity index (χ3n) is 9.68. The molecule has 3 heterocycles. The first-order valence-electron chi connectivity index (χ1n) is 17.6. The Morgan fingerprint density at radius 3 is 0.944 bits per heavy atom. The van der Waals surface area contributed by atoms with Gasteiger partial charge in [-0.15, -0.1) is 0 Å². The van der Waals surface area contributed by atoms with E-state index in [4.69, 9.17) is 84.9 Å². The molecule has 12 nitrogen and oxygen atoms in total. The number of unbranched alkanes of at least 4 members (excludes halogenated alkanes) is 3. The second-order valence-electron chi connectivity index (χ2n) is 13.4. The Balaban J connectivity index is 1.75. The van der Waals surface area contributed by atoms with E-state index in [0.29, 0.717) is 109 Å². The lowest BCUT2D eigenvalue weighted by molar-refractivity contribution is -0.687. The maximum absolute atomic E-state index is 11.0. The quantitative estimate of drug-likeness (QED) is 0.0580. The van der Waals surface area contributed by atoms with E-state index in [1.165, 1.54) is 0 Å². The van der Waals surface area contributed by atoms with Crippen molar-refractivity contribution in [3.63, 3.8) is 0 Å². The van der Waals surface area contributed by atoms with E-state index in [1.54, 1.807) is 0 Å². The van der Waals surface area contributed by atoms with Crippen molar-refractivity contribution >= 4 is 87.5 Å². The van der Waals surface area contributed by atoms with Crippen LogP contribution in [-0.2, 0) is 53.7 Å². The SMILES string of the molecule is Cc1c(C[n+]2cn(CCCCC(=O)O)c(Cl)c2Cl)c(C)c(C[n+]2cn(CCCCC(=O)O)c(Cl)c2Cl)c(C)c1C[n+]1cn(CCCCC(=O)O)c(Cl)c1Cl. The predicted octanol–water partition coefficient (Wildman–Crippen LogP) is 7.71. The van der Waals surface area contributed by atoms with Gasteiger partial charge in [-0.05, 0) is 146 Å². The third-order valence-corrected chi connectivity index (χ3v) is 12.3. The van der Waals surface area contributed by atoms with Crippen LogP contribution in [0.5, 0.6) is 0 Å². The summed E-state index contributed by atoms with van der Waals surface area (Å²) in [5.74, 6) is -2.54. The molecule has 294 valence electrons. The van der Waals surface area contributed by atoms with E-state index in [1.807, 2.05) is 46.4 Å². The van der Waals surface area contributed by atoms with Gasteiger partial charge in [0.05, 0.1) is 19.6 Å². The van der Waals surface area contributed by atoms with Gasteiger partial charge in [-0.25, -0.2) is 27.4 Å². The Hall–Kier alpha value is -3.00. The number of hydrogen-bond acceptors (Lipinski definition) is 3. The Morgan fingerprint density at radius 2 is 0.722 bits per heavy atom. The molecule has 0 amide bonds. The monoisotopic (exact) mass is 867 g/mol. The summed E-state index contributed by atoms with van der Waals surface area (Å²) in [4.78, 5) is 33.0. The van der Waals surface area contributed by atoms with Crippen LogP contribution in [0.4, 0.5) is 0 Å². The number of rotatable bonds is 21. The highest BCUT2D eigenvalue weighted by molar-refractivity contribution is 6.40. The first-order valence-corrected chi connectivity index (χ1v) is 19.8. The van der Waals surface area contributed by atoms with Crippen molar-refractivity contribution in [1.82, 2.24) is 13.7 Å². The second-order valence-corrected chi connectivity index (χ2v) is 15.6. The first-order chi connectivity index (χ1) is 25.5. The standard InChI is InChI=1S/C36H42Cl6N6O6/c1-22-25(16-46-19-43(31(37)34(46)40)13-7-4-10-28(49)50)23(2)27(18-48-21-45(33(39)36(48)42)15-9-6-12-30(53)54)24(3)26(22)17-47-20-44(32(38)35(47)41)14-8-5-11-29(51)52/h19-21H,4-18H2,1-3H3/p+3. The Morgan fingerprint density at radius 1 is 0.481 bits per heavy atom. The fourth-order valence-corrected chi connectivity index (χ4v) is 7.95. The van der Waals surface area contributed by atoms with Crippen molar-refractivity contribution in [2.75, 3.05) is 0 Å². The van der Waals surface area contributed by atoms with Gasteiger partial charge in [-0.2, -0.15) is 0 Å². The maximum atomic E-state index is 11.0. The topological polar surface area (TPSA) is 138 Å². The lowest BCUT2D eigenvalue weighted by Crippen LogP contribution is -2.38. The number of carboxylic acids is 3. The minimum absolute atomic E-state index is 0.0720. The van der Waals surface area contributed by atoms with E-state index in [9.17, 15) is 14.4 Å². The predicted molar refractivity (Wildman–Crippen MR) is 206 cm³/mol. The fraction of sp³-hybridized carbons (Fsp3) is 0.500. The van der Waals surface area contributed by atoms with E-state index >= 15 is 0 Å². The van der Waals surface area contributed by atoms with Gasteiger partial charge in [0.2, 0.25) is 19.0 Å². The highest BCUT2D eigenvalue weighted by Gasteiger charge is 2.29. The summed E-state index contributed by atoms with van der Waals surface area (Å²) >= 11 is 40.4. The van der Waals surface area contributed by atoms with Crippen molar-refractivity contribution in [2.45, 2.75) is 118 Å². The molecule has 0 aliphatic rings. The summed E-state index contributed by atoms with van der Waals surface area (Å²) in [7, 11) is 0. The maximum Gasteiger partial charge on any atom is 0.303 e. The van der Waals surface area contributed by atoms with Gasteiger partial charge in [-0.3, -0.25) is 14.4 Å². The third kappa shape index (κ3) is 10.9. The number of aromatic nitrogens is 6. The van der Waals surface area contributed by atoms with Crippen molar-refractivity contribution < 1.29 is 43.4 Å². The summed E-state index contributed by atoms with van der Waals surface area (Å²) in [6.07, 6.45) is 9.12. The molecule has 0 spiro atoms.